The Kier molecular flexibility index (Phi) is 5.81. The quantitative estimate of drug-likeness (QED) is 0.516. The molecule has 194 valence electrons. The Morgan fingerprint density at radius 2 is 1.92 bits per heavy atom. The summed E-state index contributed by atoms with van der Waals surface area (Å²) in [5.74, 6) is -1.43. The number of carbonyl (C=O) groups is 1. The number of amides is 1. The van der Waals surface area contributed by atoms with Crippen molar-refractivity contribution in [2.45, 2.75) is 30.4 Å². The summed E-state index contributed by atoms with van der Waals surface area (Å²) in [6.07, 6.45) is -5.83. The van der Waals surface area contributed by atoms with E-state index >= 15 is 0 Å². The van der Waals surface area contributed by atoms with Crippen LogP contribution < -0.4 is 15.5 Å². The number of hydrogen-bond donors (Lipinski definition) is 2. The third-order valence-corrected chi connectivity index (χ3v) is 6.74. The molecule has 2 saturated heterocycles. The maximum atomic E-state index is 14.2. The lowest BCUT2D eigenvalue weighted by molar-refractivity contribution is -0.161. The van der Waals surface area contributed by atoms with Gasteiger partial charge in [0, 0.05) is 0 Å². The minimum Gasteiger partial charge on any atom is -0.494 e. The zero-order valence-corrected chi connectivity index (χ0v) is 19.6. The van der Waals surface area contributed by atoms with E-state index in [4.69, 9.17) is 18.6 Å². The van der Waals surface area contributed by atoms with Gasteiger partial charge in [-0.3, -0.25) is 4.79 Å². The van der Waals surface area contributed by atoms with Crippen LogP contribution in [0.2, 0.25) is 0 Å². The third-order valence-electron chi connectivity index (χ3n) is 6.74. The molecule has 2 aromatic carbocycles. The number of halogens is 3. The molecule has 3 aromatic rings. The number of oxazole rings is 1. The number of methoxy groups -OCH3 is 1. The molecule has 2 N–H and O–H groups in total. The first-order valence-electron chi connectivity index (χ1n) is 11.7. The van der Waals surface area contributed by atoms with Gasteiger partial charge in [-0.1, -0.05) is 36.4 Å². The van der Waals surface area contributed by atoms with E-state index in [-0.39, 0.29) is 29.9 Å². The summed E-state index contributed by atoms with van der Waals surface area (Å²) < 4.78 is 64.8. The zero-order chi connectivity index (χ0) is 25.7. The van der Waals surface area contributed by atoms with Crippen LogP contribution in [0.3, 0.4) is 0 Å². The van der Waals surface area contributed by atoms with Gasteiger partial charge in [0.1, 0.15) is 29.6 Å². The number of nitrogens with zero attached hydrogens (tertiary/aromatic N) is 2. The van der Waals surface area contributed by atoms with Crippen LogP contribution >= 0.6 is 0 Å². The highest BCUT2D eigenvalue weighted by atomic mass is 19.4. The molecule has 0 saturated carbocycles. The standard InChI is InChI=1S/C25H23F3N4O5/c1-34-16-8-5-9-17-20(16)30-23(37-17)19-15(12-36-14-10-35-11-14)29-22-18(13-6-3-2-4-7-13)21(25(26,27)28)31-32(22)24(19)33/h2-9,14,18,21-22,29,31H,10-12H2,1H3. The second kappa shape index (κ2) is 9.05. The summed E-state index contributed by atoms with van der Waals surface area (Å²) in [4.78, 5) is 18.3. The third kappa shape index (κ3) is 4.10. The van der Waals surface area contributed by atoms with Crippen molar-refractivity contribution in [2.75, 3.05) is 26.9 Å². The molecular weight excluding hydrogens is 493 g/mol. The number of ether oxygens (including phenoxy) is 3. The van der Waals surface area contributed by atoms with Crippen LogP contribution in [0.4, 0.5) is 13.2 Å². The van der Waals surface area contributed by atoms with Crippen molar-refractivity contribution in [3.8, 4) is 5.75 Å². The summed E-state index contributed by atoms with van der Waals surface area (Å²) >= 11 is 0. The number of alkyl halides is 3. The molecule has 0 spiro atoms. The molecule has 12 heteroatoms. The van der Waals surface area contributed by atoms with Gasteiger partial charge in [-0.05, 0) is 17.7 Å². The van der Waals surface area contributed by atoms with Crippen LogP contribution in [0.15, 0.2) is 58.6 Å². The summed E-state index contributed by atoms with van der Waals surface area (Å²) in [6.45, 7) is 0.737. The summed E-state index contributed by atoms with van der Waals surface area (Å²) in [6, 6.07) is 11.4. The topological polar surface area (TPSA) is 98.1 Å². The first-order valence-corrected chi connectivity index (χ1v) is 11.7. The van der Waals surface area contributed by atoms with E-state index in [0.717, 1.165) is 5.01 Å². The van der Waals surface area contributed by atoms with Crippen molar-refractivity contribution in [1.82, 2.24) is 20.7 Å². The van der Waals surface area contributed by atoms with E-state index in [1.807, 2.05) is 0 Å². The minimum atomic E-state index is -4.62. The van der Waals surface area contributed by atoms with Crippen molar-refractivity contribution >= 4 is 22.6 Å². The summed E-state index contributed by atoms with van der Waals surface area (Å²) in [5.41, 5.74) is 3.87. The van der Waals surface area contributed by atoms with Crippen LogP contribution in [0, 0.1) is 0 Å². The van der Waals surface area contributed by atoms with E-state index in [9.17, 15) is 18.0 Å². The second-order valence-corrected chi connectivity index (χ2v) is 9.00. The van der Waals surface area contributed by atoms with E-state index in [0.29, 0.717) is 35.6 Å². The monoisotopic (exact) mass is 516 g/mol. The van der Waals surface area contributed by atoms with Gasteiger partial charge in [0.25, 0.3) is 5.91 Å². The van der Waals surface area contributed by atoms with E-state index in [1.54, 1.807) is 48.5 Å². The van der Waals surface area contributed by atoms with Crippen LogP contribution in [-0.2, 0) is 14.3 Å². The van der Waals surface area contributed by atoms with Gasteiger partial charge in [0.05, 0.1) is 38.5 Å². The highest BCUT2D eigenvalue weighted by Crippen LogP contribution is 2.43. The van der Waals surface area contributed by atoms with Gasteiger partial charge in [0.2, 0.25) is 5.89 Å². The number of fused-ring (bicyclic) bond motifs is 2. The molecule has 0 bridgehead atoms. The van der Waals surface area contributed by atoms with Gasteiger partial charge in [-0.2, -0.15) is 13.2 Å². The fourth-order valence-electron chi connectivity index (χ4n) is 4.86. The molecule has 0 radical (unpaired) electrons. The number of nitrogens with one attached hydrogen (secondary N) is 2. The SMILES string of the molecule is COc1cccc2oc(C3=C(COC4COC4)NC4C(c5ccccc5)C(C(F)(F)F)NN4C3=O)nc12. The lowest BCUT2D eigenvalue weighted by Crippen LogP contribution is -2.55. The first-order chi connectivity index (χ1) is 17.8. The average molecular weight is 516 g/mol. The number of rotatable bonds is 6. The lowest BCUT2D eigenvalue weighted by atomic mass is 9.89. The van der Waals surface area contributed by atoms with Gasteiger partial charge in [0.15, 0.2) is 11.1 Å². The van der Waals surface area contributed by atoms with E-state index in [1.165, 1.54) is 7.11 Å². The van der Waals surface area contributed by atoms with Crippen molar-refractivity contribution in [3.05, 3.63) is 65.7 Å². The van der Waals surface area contributed by atoms with Crippen LogP contribution in [0.1, 0.15) is 17.4 Å². The average Bonchev–Trinajstić information content (AvgIpc) is 3.45. The lowest BCUT2D eigenvalue weighted by Gasteiger charge is -2.36. The maximum absolute atomic E-state index is 14.2. The molecule has 1 aromatic heterocycles. The Labute approximate surface area is 209 Å². The molecule has 4 heterocycles. The Bertz CT molecular complexity index is 1360. The largest absolute Gasteiger partial charge is 0.494 e. The molecule has 3 atom stereocenters. The van der Waals surface area contributed by atoms with Crippen LogP contribution in [0.25, 0.3) is 16.7 Å². The first kappa shape index (κ1) is 23.8. The number of hydrogen-bond acceptors (Lipinski definition) is 8. The number of carbonyl (C=O) groups excluding carboxylic acids is 1. The molecule has 2 fully saturated rings. The van der Waals surface area contributed by atoms with Crippen molar-refractivity contribution in [1.29, 1.82) is 0 Å². The maximum Gasteiger partial charge on any atom is 0.406 e. The number of aromatic nitrogens is 1. The molecule has 3 aliphatic heterocycles. The molecule has 37 heavy (non-hydrogen) atoms. The van der Waals surface area contributed by atoms with Gasteiger partial charge >= 0.3 is 6.18 Å². The predicted molar refractivity (Wildman–Crippen MR) is 124 cm³/mol. The summed E-state index contributed by atoms with van der Waals surface area (Å²) in [5, 5.41) is 4.13. The van der Waals surface area contributed by atoms with Gasteiger partial charge < -0.3 is 23.9 Å². The van der Waals surface area contributed by atoms with Crippen molar-refractivity contribution in [2.24, 2.45) is 0 Å². The van der Waals surface area contributed by atoms with Crippen molar-refractivity contribution < 1.29 is 36.6 Å². The highest BCUT2D eigenvalue weighted by molar-refractivity contribution is 6.20. The van der Waals surface area contributed by atoms with Crippen LogP contribution in [-0.4, -0.2) is 67.3 Å². The smallest absolute Gasteiger partial charge is 0.406 e. The molecule has 3 aliphatic rings. The zero-order valence-electron chi connectivity index (χ0n) is 19.6. The van der Waals surface area contributed by atoms with E-state index in [2.05, 4.69) is 15.7 Å². The Hall–Kier alpha value is -3.61. The molecular formula is C25H23F3N4O5. The molecule has 1 amide bonds. The fraction of sp³-hybridized carbons (Fsp3) is 0.360. The Balaban J connectivity index is 1.44. The fourth-order valence-corrected chi connectivity index (χ4v) is 4.86. The summed E-state index contributed by atoms with van der Waals surface area (Å²) in [7, 11) is 1.48. The predicted octanol–water partition coefficient (Wildman–Crippen LogP) is 2.95. The van der Waals surface area contributed by atoms with Crippen LogP contribution in [0.5, 0.6) is 5.75 Å². The number of hydrazine groups is 1. The molecule has 9 nitrogen and oxygen atoms in total. The molecule has 0 aliphatic carbocycles. The molecule has 6 rings (SSSR count). The van der Waals surface area contributed by atoms with Gasteiger partial charge in [-0.25, -0.2) is 15.4 Å². The van der Waals surface area contributed by atoms with E-state index < -0.39 is 30.2 Å². The minimum absolute atomic E-state index is 0.0168. The number of benzene rings is 2. The second-order valence-electron chi connectivity index (χ2n) is 9.00. The molecule has 3 unspecified atom stereocenters. The Morgan fingerprint density at radius 1 is 1.14 bits per heavy atom. The highest BCUT2D eigenvalue weighted by Gasteiger charge is 2.58. The Morgan fingerprint density at radius 3 is 2.59 bits per heavy atom. The number of para-hydroxylation sites is 1. The van der Waals surface area contributed by atoms with Crippen molar-refractivity contribution in [3.63, 3.8) is 0 Å². The van der Waals surface area contributed by atoms with Gasteiger partial charge in [-0.15, -0.1) is 0 Å². The normalized spacial score (nSPS) is 24.3.